The van der Waals surface area contributed by atoms with E-state index in [2.05, 4.69) is 5.32 Å². The first-order chi connectivity index (χ1) is 15.5. The van der Waals surface area contributed by atoms with Crippen molar-refractivity contribution >= 4 is 29.3 Å². The van der Waals surface area contributed by atoms with Crippen LogP contribution in [0.5, 0.6) is 17.2 Å². The van der Waals surface area contributed by atoms with E-state index in [-0.39, 0.29) is 5.57 Å². The SMILES string of the molecule is COc1cc(NC(=O)/C(C#N)=C/c2ccccc2OCc2ccccc2)c(OC)cc1Cl. The molecule has 0 aromatic heterocycles. The van der Waals surface area contributed by atoms with E-state index >= 15 is 0 Å². The number of hydrogen-bond acceptors (Lipinski definition) is 5. The fraction of sp³-hybridized carbons (Fsp3) is 0.120. The molecule has 32 heavy (non-hydrogen) atoms. The fourth-order valence-corrected chi connectivity index (χ4v) is 3.15. The highest BCUT2D eigenvalue weighted by molar-refractivity contribution is 6.32. The largest absolute Gasteiger partial charge is 0.495 e. The number of carbonyl (C=O) groups is 1. The molecule has 0 aliphatic carbocycles. The number of nitriles is 1. The van der Waals surface area contributed by atoms with Gasteiger partial charge in [0.15, 0.2) is 0 Å². The lowest BCUT2D eigenvalue weighted by Gasteiger charge is -2.13. The number of halogens is 1. The van der Waals surface area contributed by atoms with E-state index in [0.29, 0.717) is 40.1 Å². The molecule has 3 aromatic carbocycles. The van der Waals surface area contributed by atoms with Crippen LogP contribution in [0.2, 0.25) is 5.02 Å². The number of ether oxygens (including phenoxy) is 3. The van der Waals surface area contributed by atoms with Crippen LogP contribution in [0.4, 0.5) is 5.69 Å². The number of methoxy groups -OCH3 is 2. The second-order valence-corrected chi connectivity index (χ2v) is 7.03. The van der Waals surface area contributed by atoms with Crippen LogP contribution >= 0.6 is 11.6 Å². The standard InChI is InChI=1S/C25H21ClN2O4/c1-30-23-14-21(24(31-2)13-20(23)26)28-25(29)19(15-27)12-18-10-6-7-11-22(18)32-16-17-8-4-3-5-9-17/h3-14H,16H2,1-2H3,(H,28,29)/b19-12+. The van der Waals surface area contributed by atoms with Crippen LogP contribution < -0.4 is 19.5 Å². The molecule has 0 heterocycles. The van der Waals surface area contributed by atoms with Gasteiger partial charge in [0.1, 0.15) is 35.5 Å². The van der Waals surface area contributed by atoms with Gasteiger partial charge in [0, 0.05) is 17.7 Å². The topological polar surface area (TPSA) is 80.6 Å². The molecule has 0 atom stereocenters. The van der Waals surface area contributed by atoms with Gasteiger partial charge in [-0.2, -0.15) is 5.26 Å². The van der Waals surface area contributed by atoms with Crippen LogP contribution in [0.25, 0.3) is 6.08 Å². The van der Waals surface area contributed by atoms with Crippen molar-refractivity contribution < 1.29 is 19.0 Å². The Bertz CT molecular complexity index is 1170. The minimum Gasteiger partial charge on any atom is -0.495 e. The molecule has 0 aliphatic rings. The van der Waals surface area contributed by atoms with Gasteiger partial charge >= 0.3 is 0 Å². The zero-order chi connectivity index (χ0) is 22.9. The zero-order valence-corrected chi connectivity index (χ0v) is 18.3. The lowest BCUT2D eigenvalue weighted by atomic mass is 10.1. The van der Waals surface area contributed by atoms with Gasteiger partial charge in [0.2, 0.25) is 0 Å². The second-order valence-electron chi connectivity index (χ2n) is 6.62. The lowest BCUT2D eigenvalue weighted by molar-refractivity contribution is -0.112. The highest BCUT2D eigenvalue weighted by Crippen LogP contribution is 2.36. The molecule has 6 nitrogen and oxygen atoms in total. The van der Waals surface area contributed by atoms with Crippen molar-refractivity contribution in [3.05, 3.63) is 88.5 Å². The Morgan fingerprint density at radius 3 is 2.38 bits per heavy atom. The molecule has 0 unspecified atom stereocenters. The predicted octanol–water partition coefficient (Wildman–Crippen LogP) is 5.48. The summed E-state index contributed by atoms with van der Waals surface area (Å²) in [6, 6.07) is 21.9. The van der Waals surface area contributed by atoms with Crippen molar-refractivity contribution in [2.45, 2.75) is 6.61 Å². The van der Waals surface area contributed by atoms with E-state index in [1.54, 1.807) is 18.2 Å². The van der Waals surface area contributed by atoms with E-state index in [1.165, 1.54) is 32.4 Å². The normalized spacial score (nSPS) is 10.8. The van der Waals surface area contributed by atoms with Crippen molar-refractivity contribution in [2.75, 3.05) is 19.5 Å². The summed E-state index contributed by atoms with van der Waals surface area (Å²) >= 11 is 6.11. The molecular weight excluding hydrogens is 428 g/mol. The van der Waals surface area contributed by atoms with Gasteiger partial charge in [-0.05, 0) is 17.7 Å². The van der Waals surface area contributed by atoms with Crippen molar-refractivity contribution in [2.24, 2.45) is 0 Å². The summed E-state index contributed by atoms with van der Waals surface area (Å²) in [5.74, 6) is 0.661. The highest BCUT2D eigenvalue weighted by Gasteiger charge is 2.16. The molecule has 0 saturated carbocycles. The highest BCUT2D eigenvalue weighted by atomic mass is 35.5. The third-order valence-electron chi connectivity index (χ3n) is 4.54. The van der Waals surface area contributed by atoms with Gasteiger partial charge in [-0.25, -0.2) is 0 Å². The number of rotatable bonds is 8. The van der Waals surface area contributed by atoms with Gasteiger partial charge in [0.25, 0.3) is 5.91 Å². The smallest absolute Gasteiger partial charge is 0.266 e. The van der Waals surface area contributed by atoms with Crippen LogP contribution in [0, 0.1) is 11.3 Å². The van der Waals surface area contributed by atoms with E-state index < -0.39 is 5.91 Å². The number of nitrogens with zero attached hydrogens (tertiary/aromatic N) is 1. The first-order valence-corrected chi connectivity index (χ1v) is 10.0. The minimum atomic E-state index is -0.604. The Balaban J connectivity index is 1.84. The maximum Gasteiger partial charge on any atom is 0.266 e. The van der Waals surface area contributed by atoms with Crippen molar-refractivity contribution in [1.29, 1.82) is 5.26 Å². The van der Waals surface area contributed by atoms with Gasteiger partial charge in [-0.3, -0.25) is 4.79 Å². The van der Waals surface area contributed by atoms with Crippen LogP contribution in [-0.2, 0) is 11.4 Å². The molecule has 0 spiro atoms. The summed E-state index contributed by atoms with van der Waals surface area (Å²) in [4.78, 5) is 12.8. The lowest BCUT2D eigenvalue weighted by Crippen LogP contribution is -2.14. The summed E-state index contributed by atoms with van der Waals surface area (Å²) < 4.78 is 16.4. The molecule has 7 heteroatoms. The molecule has 0 radical (unpaired) electrons. The Morgan fingerprint density at radius 2 is 1.69 bits per heavy atom. The zero-order valence-electron chi connectivity index (χ0n) is 17.6. The fourth-order valence-electron chi connectivity index (χ4n) is 2.92. The molecular formula is C25H21ClN2O4. The number of nitrogens with one attached hydrogen (secondary N) is 1. The number of hydrogen-bond donors (Lipinski definition) is 1. The number of amides is 1. The number of anilines is 1. The third kappa shape index (κ3) is 5.60. The summed E-state index contributed by atoms with van der Waals surface area (Å²) in [7, 11) is 2.92. The third-order valence-corrected chi connectivity index (χ3v) is 4.84. The summed E-state index contributed by atoms with van der Waals surface area (Å²) in [5.41, 5.74) is 1.84. The molecule has 162 valence electrons. The van der Waals surface area contributed by atoms with Crippen LogP contribution in [0.15, 0.2) is 72.3 Å². The van der Waals surface area contributed by atoms with E-state index in [9.17, 15) is 10.1 Å². The van der Waals surface area contributed by atoms with Gasteiger partial charge in [0.05, 0.1) is 24.9 Å². The Morgan fingerprint density at radius 1 is 1.00 bits per heavy atom. The Kier molecular flexibility index (Phi) is 7.74. The van der Waals surface area contributed by atoms with Gasteiger partial charge < -0.3 is 19.5 Å². The average Bonchev–Trinajstić information content (AvgIpc) is 2.83. The maximum atomic E-state index is 12.8. The molecule has 0 aliphatic heterocycles. The molecule has 1 N–H and O–H groups in total. The van der Waals surface area contributed by atoms with E-state index in [0.717, 1.165) is 5.56 Å². The number of para-hydroxylation sites is 1. The summed E-state index contributed by atoms with van der Waals surface area (Å²) in [6.45, 7) is 0.363. The van der Waals surface area contributed by atoms with Crippen LogP contribution in [0.1, 0.15) is 11.1 Å². The van der Waals surface area contributed by atoms with Gasteiger partial charge in [-0.1, -0.05) is 60.1 Å². The summed E-state index contributed by atoms with van der Waals surface area (Å²) in [5, 5.41) is 12.6. The second kappa shape index (κ2) is 10.9. The average molecular weight is 449 g/mol. The molecule has 3 aromatic rings. The number of benzene rings is 3. The van der Waals surface area contributed by atoms with Crippen molar-refractivity contribution in [1.82, 2.24) is 0 Å². The first kappa shape index (κ1) is 22.7. The van der Waals surface area contributed by atoms with Crippen molar-refractivity contribution in [3.63, 3.8) is 0 Å². The Labute approximate surface area is 191 Å². The predicted molar refractivity (Wildman–Crippen MR) is 124 cm³/mol. The summed E-state index contributed by atoms with van der Waals surface area (Å²) in [6.07, 6.45) is 1.48. The quantitative estimate of drug-likeness (QED) is 0.364. The van der Waals surface area contributed by atoms with E-state index in [1.807, 2.05) is 42.5 Å². The van der Waals surface area contributed by atoms with Crippen LogP contribution in [-0.4, -0.2) is 20.1 Å². The van der Waals surface area contributed by atoms with Crippen molar-refractivity contribution in [3.8, 4) is 23.3 Å². The molecule has 0 fully saturated rings. The number of carbonyl (C=O) groups excluding carboxylic acids is 1. The molecule has 3 rings (SSSR count). The van der Waals surface area contributed by atoms with Crippen LogP contribution in [0.3, 0.4) is 0 Å². The minimum absolute atomic E-state index is 0.100. The molecule has 0 saturated heterocycles. The molecule has 0 bridgehead atoms. The Hall–Kier alpha value is -3.95. The molecule has 1 amide bonds. The first-order valence-electron chi connectivity index (χ1n) is 9.66. The van der Waals surface area contributed by atoms with Gasteiger partial charge in [-0.15, -0.1) is 0 Å². The monoisotopic (exact) mass is 448 g/mol. The van der Waals surface area contributed by atoms with E-state index in [4.69, 9.17) is 25.8 Å². The maximum absolute atomic E-state index is 12.8.